The van der Waals surface area contributed by atoms with E-state index in [4.69, 9.17) is 14.3 Å². The highest BCUT2D eigenvalue weighted by molar-refractivity contribution is 5.85. The van der Waals surface area contributed by atoms with E-state index in [-0.39, 0.29) is 18.7 Å². The molecule has 3 amide bonds. The van der Waals surface area contributed by atoms with Crippen molar-refractivity contribution in [3.8, 4) is 0 Å². The minimum Gasteiger partial charge on any atom is -0.444 e. The maximum absolute atomic E-state index is 12.6. The molecule has 0 bridgehead atoms. The standard InChI is InChI=1S/C21H35N3O7/c1-14-11-12-16(25)24(14)31-17(26)15(23-19(28)30-21(5,6)7)10-8-9-13-22-18(27)29-20(2,3)4/h15H,1,8-13H2,2-7H3,(H,22,27)(H,23,28)/t15-/m0/s1. The fourth-order valence-electron chi connectivity index (χ4n) is 2.58. The van der Waals surface area contributed by atoms with E-state index in [1.165, 1.54) is 0 Å². The van der Waals surface area contributed by atoms with E-state index in [2.05, 4.69) is 17.2 Å². The molecule has 0 aromatic carbocycles. The number of unbranched alkanes of at least 4 members (excludes halogenated alkanes) is 1. The Morgan fingerprint density at radius 2 is 1.58 bits per heavy atom. The summed E-state index contributed by atoms with van der Waals surface area (Å²) < 4.78 is 10.4. The van der Waals surface area contributed by atoms with Crippen LogP contribution in [0.5, 0.6) is 0 Å². The quantitative estimate of drug-likeness (QED) is 0.555. The third kappa shape index (κ3) is 10.7. The summed E-state index contributed by atoms with van der Waals surface area (Å²) in [6.07, 6.45) is 0.575. The highest BCUT2D eigenvalue weighted by atomic mass is 16.7. The van der Waals surface area contributed by atoms with Gasteiger partial charge in [-0.3, -0.25) is 4.79 Å². The van der Waals surface area contributed by atoms with Crippen LogP contribution in [-0.2, 0) is 23.9 Å². The molecular weight excluding hydrogens is 406 g/mol. The van der Waals surface area contributed by atoms with Gasteiger partial charge in [-0.2, -0.15) is 0 Å². The van der Waals surface area contributed by atoms with Crippen molar-refractivity contribution >= 4 is 24.1 Å². The van der Waals surface area contributed by atoms with E-state index in [1.807, 2.05) is 0 Å². The van der Waals surface area contributed by atoms with Crippen LogP contribution in [0.4, 0.5) is 9.59 Å². The zero-order valence-corrected chi connectivity index (χ0v) is 19.3. The van der Waals surface area contributed by atoms with E-state index in [9.17, 15) is 19.2 Å². The molecule has 0 aromatic heterocycles. The van der Waals surface area contributed by atoms with Crippen LogP contribution >= 0.6 is 0 Å². The molecule has 2 N–H and O–H groups in total. The van der Waals surface area contributed by atoms with E-state index in [0.29, 0.717) is 31.5 Å². The van der Waals surface area contributed by atoms with Gasteiger partial charge in [-0.15, -0.1) is 5.06 Å². The number of alkyl carbamates (subject to hydrolysis) is 2. The van der Waals surface area contributed by atoms with Crippen LogP contribution in [0.1, 0.15) is 73.6 Å². The van der Waals surface area contributed by atoms with Gasteiger partial charge in [-0.05, 0) is 67.2 Å². The summed E-state index contributed by atoms with van der Waals surface area (Å²) in [5, 5.41) is 5.99. The van der Waals surface area contributed by atoms with Crippen molar-refractivity contribution in [2.75, 3.05) is 6.54 Å². The number of hydrogen-bond acceptors (Lipinski definition) is 7. The lowest BCUT2D eigenvalue weighted by atomic mass is 10.1. The Balaban J connectivity index is 2.60. The molecule has 0 unspecified atom stereocenters. The van der Waals surface area contributed by atoms with Crippen molar-refractivity contribution in [1.82, 2.24) is 15.7 Å². The van der Waals surface area contributed by atoms with Crippen LogP contribution in [0.3, 0.4) is 0 Å². The molecule has 0 radical (unpaired) electrons. The van der Waals surface area contributed by atoms with Crippen LogP contribution in [-0.4, -0.2) is 52.9 Å². The lowest BCUT2D eigenvalue weighted by Crippen LogP contribution is -2.46. The molecule has 31 heavy (non-hydrogen) atoms. The number of allylic oxidation sites excluding steroid dienone is 1. The van der Waals surface area contributed by atoms with Gasteiger partial charge < -0.3 is 24.9 Å². The highest BCUT2D eigenvalue weighted by Crippen LogP contribution is 2.21. The Labute approximate surface area is 183 Å². The Hall–Kier alpha value is -2.78. The minimum atomic E-state index is -1.03. The number of nitrogens with one attached hydrogen (secondary N) is 2. The van der Waals surface area contributed by atoms with Crippen molar-refractivity contribution in [2.24, 2.45) is 0 Å². The predicted octanol–water partition coefficient (Wildman–Crippen LogP) is 3.17. The summed E-state index contributed by atoms with van der Waals surface area (Å²) in [6.45, 7) is 14.5. The fraction of sp³-hybridized carbons (Fsp3) is 0.714. The lowest BCUT2D eigenvalue weighted by Gasteiger charge is -2.24. The highest BCUT2D eigenvalue weighted by Gasteiger charge is 2.32. The van der Waals surface area contributed by atoms with Gasteiger partial charge >= 0.3 is 18.2 Å². The molecule has 1 fully saturated rings. The van der Waals surface area contributed by atoms with Gasteiger partial charge in [0.1, 0.15) is 17.2 Å². The third-order valence-electron chi connectivity index (χ3n) is 3.89. The normalized spacial score (nSPS) is 15.4. The monoisotopic (exact) mass is 441 g/mol. The summed E-state index contributed by atoms with van der Waals surface area (Å²) in [5.74, 6) is -1.15. The number of hydrogen-bond donors (Lipinski definition) is 2. The fourth-order valence-corrected chi connectivity index (χ4v) is 2.58. The molecule has 1 atom stereocenters. The molecule has 1 aliphatic rings. The van der Waals surface area contributed by atoms with E-state index in [1.54, 1.807) is 41.5 Å². The van der Waals surface area contributed by atoms with E-state index in [0.717, 1.165) is 5.06 Å². The second-order valence-corrected chi connectivity index (χ2v) is 9.29. The summed E-state index contributed by atoms with van der Waals surface area (Å²) in [7, 11) is 0. The van der Waals surface area contributed by atoms with Gasteiger partial charge in [-0.25, -0.2) is 14.4 Å². The molecule has 0 spiro atoms. The van der Waals surface area contributed by atoms with Crippen molar-refractivity contribution in [2.45, 2.75) is 90.9 Å². The van der Waals surface area contributed by atoms with Gasteiger partial charge in [0, 0.05) is 13.0 Å². The molecule has 1 rings (SSSR count). The molecule has 1 saturated heterocycles. The topological polar surface area (TPSA) is 123 Å². The summed E-state index contributed by atoms with van der Waals surface area (Å²) in [6, 6.07) is -1.03. The summed E-state index contributed by atoms with van der Waals surface area (Å²) >= 11 is 0. The number of carbonyl (C=O) groups is 4. The molecule has 0 aliphatic carbocycles. The number of hydroxylamine groups is 2. The van der Waals surface area contributed by atoms with Gasteiger partial charge in [-0.1, -0.05) is 6.58 Å². The van der Waals surface area contributed by atoms with Crippen molar-refractivity contribution in [3.63, 3.8) is 0 Å². The van der Waals surface area contributed by atoms with Gasteiger partial charge in [0.05, 0.1) is 5.70 Å². The van der Waals surface area contributed by atoms with Gasteiger partial charge in [0.2, 0.25) is 0 Å². The molecule has 1 aliphatic heterocycles. The lowest BCUT2D eigenvalue weighted by molar-refractivity contribution is -0.188. The first-order chi connectivity index (χ1) is 14.2. The number of carbonyl (C=O) groups excluding carboxylic acids is 4. The Morgan fingerprint density at radius 3 is 2.10 bits per heavy atom. The molecule has 0 saturated carbocycles. The van der Waals surface area contributed by atoms with Crippen LogP contribution in [0.2, 0.25) is 0 Å². The second kappa shape index (κ2) is 11.0. The zero-order valence-electron chi connectivity index (χ0n) is 19.3. The van der Waals surface area contributed by atoms with E-state index < -0.39 is 35.4 Å². The van der Waals surface area contributed by atoms with Crippen LogP contribution in [0, 0.1) is 0 Å². The van der Waals surface area contributed by atoms with Crippen LogP contribution < -0.4 is 10.6 Å². The summed E-state index contributed by atoms with van der Waals surface area (Å²) in [4.78, 5) is 53.4. The first-order valence-electron chi connectivity index (χ1n) is 10.4. The molecule has 176 valence electrons. The maximum atomic E-state index is 12.6. The van der Waals surface area contributed by atoms with Crippen molar-refractivity contribution in [1.29, 1.82) is 0 Å². The largest absolute Gasteiger partial charge is 0.444 e. The zero-order chi connectivity index (χ0) is 23.8. The first kappa shape index (κ1) is 26.3. The molecule has 1 heterocycles. The molecule has 0 aromatic rings. The molecular formula is C21H35N3O7. The predicted molar refractivity (Wildman–Crippen MR) is 113 cm³/mol. The van der Waals surface area contributed by atoms with Gasteiger partial charge in [0.25, 0.3) is 5.91 Å². The van der Waals surface area contributed by atoms with E-state index >= 15 is 0 Å². The Kier molecular flexibility index (Phi) is 9.33. The van der Waals surface area contributed by atoms with Gasteiger partial charge in [0.15, 0.2) is 0 Å². The van der Waals surface area contributed by atoms with Crippen LogP contribution in [0.15, 0.2) is 12.3 Å². The third-order valence-corrected chi connectivity index (χ3v) is 3.89. The number of ether oxygens (including phenoxy) is 2. The number of nitrogens with zero attached hydrogens (tertiary/aromatic N) is 1. The minimum absolute atomic E-state index is 0.215. The number of amides is 3. The second-order valence-electron chi connectivity index (χ2n) is 9.29. The smallest absolute Gasteiger partial charge is 0.408 e. The maximum Gasteiger partial charge on any atom is 0.408 e. The average Bonchev–Trinajstić information content (AvgIpc) is 2.89. The Bertz CT molecular complexity index is 676. The first-order valence-corrected chi connectivity index (χ1v) is 10.4. The SMILES string of the molecule is C=C1CCC(=O)N1OC(=O)[C@H](CCCCNC(=O)OC(C)(C)C)NC(=O)OC(C)(C)C. The average molecular weight is 442 g/mol. The van der Waals surface area contributed by atoms with Crippen molar-refractivity contribution in [3.05, 3.63) is 12.3 Å². The van der Waals surface area contributed by atoms with Crippen LogP contribution in [0.25, 0.3) is 0 Å². The molecule has 10 nitrogen and oxygen atoms in total. The molecule has 10 heteroatoms. The summed E-state index contributed by atoms with van der Waals surface area (Å²) in [5.41, 5.74) is -0.946. The van der Waals surface area contributed by atoms with Crippen molar-refractivity contribution < 1.29 is 33.5 Å². The Morgan fingerprint density at radius 1 is 1.00 bits per heavy atom. The number of rotatable bonds is 8.